The fourth-order valence-corrected chi connectivity index (χ4v) is 10.5. The van der Waals surface area contributed by atoms with E-state index in [0.717, 1.165) is 51.4 Å². The number of likely N-dealkylation sites (N-methyl/N-ethyl adjacent to an activating group) is 1. The number of carbonyl (C=O) groups excluding carboxylic acids is 1. The van der Waals surface area contributed by atoms with Gasteiger partial charge in [-0.3, -0.25) is 13.8 Å². The zero-order valence-electron chi connectivity index (χ0n) is 51.7. The molecule has 77 heavy (non-hydrogen) atoms. The lowest BCUT2D eigenvalue weighted by Gasteiger charge is -2.25. The minimum absolute atomic E-state index is 0.0538. The monoisotopic (exact) mass is 1100 g/mol. The third-order valence-electron chi connectivity index (χ3n) is 14.9. The fraction of sp³-hybridized carbons (Fsp3) is 0.838. The first-order valence-corrected chi connectivity index (χ1v) is 34.7. The van der Waals surface area contributed by atoms with E-state index in [1.807, 2.05) is 27.2 Å². The van der Waals surface area contributed by atoms with Gasteiger partial charge in [-0.05, 0) is 77.0 Å². The van der Waals surface area contributed by atoms with Gasteiger partial charge < -0.3 is 19.8 Å². The number of aliphatic hydroxyl groups excluding tert-OH is 1. The molecule has 0 aromatic carbocycles. The molecule has 0 aromatic heterocycles. The Labute approximate surface area is 479 Å². The Bertz CT molecular complexity index is 1440. The van der Waals surface area contributed by atoms with Gasteiger partial charge in [0.2, 0.25) is 5.91 Å². The second-order valence-electron chi connectivity index (χ2n) is 23.8. The van der Waals surface area contributed by atoms with Gasteiger partial charge in [-0.15, -0.1) is 0 Å². The first-order chi connectivity index (χ1) is 37.5. The number of rotatable bonds is 61. The number of hydrogen-bond donors (Lipinski definition) is 3. The molecule has 0 bridgehead atoms. The molecule has 0 aromatic rings. The number of amides is 1. The number of unbranched alkanes of at least 4 members (excludes halogenated alkanes) is 40. The summed E-state index contributed by atoms with van der Waals surface area (Å²) in [5.41, 5.74) is 0. The first-order valence-electron chi connectivity index (χ1n) is 33.2. The van der Waals surface area contributed by atoms with E-state index in [0.29, 0.717) is 17.4 Å². The van der Waals surface area contributed by atoms with Gasteiger partial charge in [-0.25, -0.2) is 4.57 Å². The van der Waals surface area contributed by atoms with Crippen molar-refractivity contribution in [2.45, 2.75) is 328 Å². The molecule has 3 unspecified atom stereocenters. The maximum absolute atomic E-state index is 13.0. The second kappa shape index (κ2) is 58.8. The molecule has 1 amide bonds. The predicted octanol–water partition coefficient (Wildman–Crippen LogP) is 20.8. The lowest BCUT2D eigenvalue weighted by molar-refractivity contribution is -0.870. The number of aliphatic hydroxyl groups is 1. The molecule has 0 saturated carbocycles. The lowest BCUT2D eigenvalue weighted by Crippen LogP contribution is -2.45. The number of phosphoric ester groups is 1. The van der Waals surface area contributed by atoms with Gasteiger partial charge in [0.25, 0.3) is 0 Å². The molecule has 9 heteroatoms. The van der Waals surface area contributed by atoms with E-state index in [-0.39, 0.29) is 19.1 Å². The van der Waals surface area contributed by atoms with Gasteiger partial charge in [-0.1, -0.05) is 293 Å². The van der Waals surface area contributed by atoms with E-state index < -0.39 is 20.0 Å². The summed E-state index contributed by atoms with van der Waals surface area (Å²) < 4.78 is 23.7. The van der Waals surface area contributed by atoms with E-state index >= 15 is 0 Å². The van der Waals surface area contributed by atoms with Crippen molar-refractivity contribution in [3.05, 3.63) is 60.8 Å². The van der Waals surface area contributed by atoms with E-state index in [4.69, 9.17) is 9.05 Å². The second-order valence-corrected chi connectivity index (χ2v) is 25.3. The highest BCUT2D eigenvalue weighted by Crippen LogP contribution is 2.43. The number of carbonyl (C=O) groups is 1. The van der Waals surface area contributed by atoms with Crippen LogP contribution in [-0.2, 0) is 18.4 Å². The van der Waals surface area contributed by atoms with Crippen LogP contribution in [0.25, 0.3) is 0 Å². The Morgan fingerprint density at radius 2 is 0.753 bits per heavy atom. The Balaban J connectivity index is 3.86. The van der Waals surface area contributed by atoms with Gasteiger partial charge in [0.05, 0.1) is 39.9 Å². The number of hydrogen-bond acceptors (Lipinski definition) is 5. The maximum Gasteiger partial charge on any atom is 0.472 e. The average molecular weight is 1100 g/mol. The minimum Gasteiger partial charge on any atom is -0.387 e. The number of quaternary nitrogens is 1. The van der Waals surface area contributed by atoms with Crippen molar-refractivity contribution < 1.29 is 32.9 Å². The molecule has 0 radical (unpaired) electrons. The number of nitrogens with one attached hydrogen (secondary N) is 1. The summed E-state index contributed by atoms with van der Waals surface area (Å²) in [7, 11) is 1.55. The SMILES string of the molecule is CCCCCC/C=C/CC/C=C/CC/C=C/C(O)C(COP(=O)(O)OCC[N+](C)(C)C)NC(=O)CCCCCCCCCCCCCCCCCCCCCCCCCCCCCCC/C=C\C/C=C\CCCCCCC. The van der Waals surface area contributed by atoms with Gasteiger partial charge in [0, 0.05) is 6.42 Å². The highest BCUT2D eigenvalue weighted by molar-refractivity contribution is 7.47. The molecule has 0 saturated heterocycles. The van der Waals surface area contributed by atoms with Crippen LogP contribution in [0, 0.1) is 0 Å². The van der Waals surface area contributed by atoms with Crippen LogP contribution in [0.5, 0.6) is 0 Å². The zero-order chi connectivity index (χ0) is 56.3. The van der Waals surface area contributed by atoms with Crippen LogP contribution in [0.3, 0.4) is 0 Å². The molecule has 0 heterocycles. The van der Waals surface area contributed by atoms with Gasteiger partial charge in [0.15, 0.2) is 0 Å². The van der Waals surface area contributed by atoms with Crippen LogP contribution in [0.15, 0.2) is 60.8 Å². The molecule has 0 fully saturated rings. The largest absolute Gasteiger partial charge is 0.472 e. The number of allylic oxidation sites excluding steroid dienone is 9. The Kier molecular flexibility index (Phi) is 57.5. The summed E-state index contributed by atoms with van der Waals surface area (Å²) in [6.45, 7) is 4.77. The molecule has 0 aliphatic carbocycles. The third kappa shape index (κ3) is 61.7. The lowest BCUT2D eigenvalue weighted by atomic mass is 10.0. The molecule has 3 atom stereocenters. The smallest absolute Gasteiger partial charge is 0.387 e. The zero-order valence-corrected chi connectivity index (χ0v) is 52.6. The molecule has 0 rings (SSSR count). The van der Waals surface area contributed by atoms with Crippen LogP contribution in [-0.4, -0.2) is 73.4 Å². The molecule has 0 spiro atoms. The first kappa shape index (κ1) is 75.2. The maximum atomic E-state index is 13.0. The van der Waals surface area contributed by atoms with E-state index in [2.05, 4.69) is 67.8 Å². The molecule has 0 aliphatic heterocycles. The minimum atomic E-state index is -4.36. The van der Waals surface area contributed by atoms with E-state index in [9.17, 15) is 19.4 Å². The van der Waals surface area contributed by atoms with Gasteiger partial charge in [0.1, 0.15) is 13.2 Å². The Morgan fingerprint density at radius 3 is 1.13 bits per heavy atom. The van der Waals surface area contributed by atoms with Crippen LogP contribution >= 0.6 is 7.82 Å². The molecule has 3 N–H and O–H groups in total. The average Bonchev–Trinajstić information content (AvgIpc) is 3.39. The molecule has 452 valence electrons. The van der Waals surface area contributed by atoms with Crippen molar-refractivity contribution in [2.24, 2.45) is 0 Å². The highest BCUT2D eigenvalue weighted by atomic mass is 31.2. The third-order valence-corrected chi connectivity index (χ3v) is 15.9. The number of nitrogens with zero attached hydrogens (tertiary/aromatic N) is 1. The van der Waals surface area contributed by atoms with Crippen LogP contribution in [0.2, 0.25) is 0 Å². The molecular weight excluding hydrogens is 972 g/mol. The van der Waals surface area contributed by atoms with E-state index in [1.54, 1.807) is 6.08 Å². The molecular formula is C68H130N2O6P+. The summed E-state index contributed by atoms with van der Waals surface area (Å²) in [6, 6.07) is -0.869. The highest BCUT2D eigenvalue weighted by Gasteiger charge is 2.28. The van der Waals surface area contributed by atoms with Gasteiger partial charge in [-0.2, -0.15) is 0 Å². The van der Waals surface area contributed by atoms with Crippen LogP contribution in [0.1, 0.15) is 316 Å². The van der Waals surface area contributed by atoms with Crippen molar-refractivity contribution in [1.82, 2.24) is 5.32 Å². The predicted molar refractivity (Wildman–Crippen MR) is 337 cm³/mol. The normalized spacial score (nSPS) is 14.1. The van der Waals surface area contributed by atoms with E-state index in [1.165, 1.54) is 244 Å². The van der Waals surface area contributed by atoms with Crippen molar-refractivity contribution in [1.29, 1.82) is 0 Å². The summed E-state index contributed by atoms with van der Waals surface area (Å²) in [5.74, 6) is -0.187. The Hall–Kier alpha value is -1.80. The van der Waals surface area contributed by atoms with Crippen molar-refractivity contribution in [3.8, 4) is 0 Å². The molecule has 0 aliphatic rings. The summed E-state index contributed by atoms with van der Waals surface area (Å²) in [4.78, 5) is 23.3. The van der Waals surface area contributed by atoms with Crippen molar-refractivity contribution in [3.63, 3.8) is 0 Å². The molecule has 8 nitrogen and oxygen atoms in total. The summed E-state index contributed by atoms with van der Waals surface area (Å²) >= 11 is 0. The summed E-state index contributed by atoms with van der Waals surface area (Å²) in [5, 5.41) is 13.9. The van der Waals surface area contributed by atoms with Crippen LogP contribution < -0.4 is 5.32 Å². The Morgan fingerprint density at radius 1 is 0.442 bits per heavy atom. The fourth-order valence-electron chi connectivity index (χ4n) is 9.75. The van der Waals surface area contributed by atoms with Crippen molar-refractivity contribution in [2.75, 3.05) is 40.9 Å². The standard InChI is InChI=1S/C68H129N2O6P/c1-6-8-10-12-14-16-18-20-22-23-24-25-26-27-28-29-30-31-32-33-34-35-36-37-38-39-40-41-42-43-44-45-46-47-48-50-52-54-56-58-60-62-68(72)69-66(65-76-77(73,74)75-64-63-70(3,4)5)67(71)61-59-57-55-53-51-49-21-19-17-15-13-11-9-7-2/h17-20,23-24,51,53,59,61,66-67,71H,6-16,21-22,25-50,52,54-58,60,62-65H2,1-5H3,(H-,69,72,73,74)/p+1/b19-17+,20-18-,24-23-,53-51+,61-59+. The van der Waals surface area contributed by atoms with Crippen LogP contribution in [0.4, 0.5) is 0 Å². The van der Waals surface area contributed by atoms with Crippen molar-refractivity contribution >= 4 is 13.7 Å². The quantitative estimate of drug-likeness (QED) is 0.0243. The number of phosphoric acid groups is 1. The topological polar surface area (TPSA) is 105 Å². The summed E-state index contributed by atoms with van der Waals surface area (Å²) in [6.07, 6.45) is 81.0. The van der Waals surface area contributed by atoms with Gasteiger partial charge >= 0.3 is 7.82 Å².